The molecule has 0 atom stereocenters. The van der Waals surface area contributed by atoms with Gasteiger partial charge < -0.3 is 5.11 Å². The zero-order valence-corrected chi connectivity index (χ0v) is 6.50. The molecule has 0 aliphatic carbocycles. The molecule has 3 heteroatoms. The standard InChI is InChI=1S/C7H12N2O/c1-6-4-5-9(8-6)7(2,3)10/h4-5,10H,1-3H3. The lowest BCUT2D eigenvalue weighted by Crippen LogP contribution is -2.25. The van der Waals surface area contributed by atoms with E-state index in [9.17, 15) is 5.11 Å². The van der Waals surface area contributed by atoms with Crippen molar-refractivity contribution in [2.75, 3.05) is 0 Å². The Morgan fingerprint density at radius 3 is 2.40 bits per heavy atom. The van der Waals surface area contributed by atoms with Gasteiger partial charge in [0.25, 0.3) is 0 Å². The highest BCUT2D eigenvalue weighted by molar-refractivity contribution is 4.96. The highest BCUT2D eigenvalue weighted by Gasteiger charge is 2.14. The third-order valence-corrected chi connectivity index (χ3v) is 1.28. The summed E-state index contributed by atoms with van der Waals surface area (Å²) in [6.07, 6.45) is 1.76. The topological polar surface area (TPSA) is 38.0 Å². The first kappa shape index (κ1) is 7.28. The van der Waals surface area contributed by atoms with Crippen LogP contribution in [0.15, 0.2) is 12.3 Å². The van der Waals surface area contributed by atoms with Crippen LogP contribution in [0.2, 0.25) is 0 Å². The molecule has 1 rings (SSSR count). The predicted molar refractivity (Wildman–Crippen MR) is 38.5 cm³/mol. The molecule has 0 fully saturated rings. The average molecular weight is 140 g/mol. The molecule has 0 amide bonds. The first-order valence-corrected chi connectivity index (χ1v) is 3.25. The molecule has 56 valence electrons. The Labute approximate surface area is 60.3 Å². The van der Waals surface area contributed by atoms with Gasteiger partial charge in [-0.2, -0.15) is 5.10 Å². The second-order valence-electron chi connectivity index (χ2n) is 2.90. The number of hydrogen-bond acceptors (Lipinski definition) is 2. The Hall–Kier alpha value is -0.830. The van der Waals surface area contributed by atoms with E-state index in [1.165, 1.54) is 4.68 Å². The third-order valence-electron chi connectivity index (χ3n) is 1.28. The maximum Gasteiger partial charge on any atom is 0.152 e. The molecule has 1 N–H and O–H groups in total. The lowest BCUT2D eigenvalue weighted by Gasteiger charge is -2.17. The van der Waals surface area contributed by atoms with Gasteiger partial charge in [-0.25, -0.2) is 4.68 Å². The number of aromatic nitrogens is 2. The molecule has 10 heavy (non-hydrogen) atoms. The Morgan fingerprint density at radius 1 is 1.60 bits per heavy atom. The van der Waals surface area contributed by atoms with E-state index < -0.39 is 5.72 Å². The molecule has 1 aromatic heterocycles. The minimum atomic E-state index is -0.881. The number of aliphatic hydroxyl groups is 1. The van der Waals surface area contributed by atoms with Crippen molar-refractivity contribution in [3.8, 4) is 0 Å². The average Bonchev–Trinajstić information content (AvgIpc) is 2.11. The molecule has 0 saturated heterocycles. The lowest BCUT2D eigenvalue weighted by atomic mass is 10.3. The Morgan fingerprint density at radius 2 is 2.20 bits per heavy atom. The van der Waals surface area contributed by atoms with Crippen LogP contribution in [0, 0.1) is 6.92 Å². The third kappa shape index (κ3) is 1.36. The van der Waals surface area contributed by atoms with Crippen LogP contribution in [0.3, 0.4) is 0 Å². The molecule has 0 aliphatic rings. The summed E-state index contributed by atoms with van der Waals surface area (Å²) in [6.45, 7) is 5.28. The van der Waals surface area contributed by atoms with Crippen LogP contribution < -0.4 is 0 Å². The Balaban J connectivity index is 2.96. The van der Waals surface area contributed by atoms with E-state index in [4.69, 9.17) is 0 Å². The van der Waals surface area contributed by atoms with E-state index in [-0.39, 0.29) is 0 Å². The van der Waals surface area contributed by atoms with E-state index in [1.807, 2.05) is 13.0 Å². The molecule has 0 spiro atoms. The van der Waals surface area contributed by atoms with Crippen LogP contribution in [-0.4, -0.2) is 14.9 Å². The van der Waals surface area contributed by atoms with Crippen LogP contribution in [0.4, 0.5) is 0 Å². The van der Waals surface area contributed by atoms with Gasteiger partial charge in [-0.1, -0.05) is 0 Å². The smallest absolute Gasteiger partial charge is 0.152 e. The zero-order chi connectivity index (χ0) is 7.78. The molecule has 1 aromatic rings. The van der Waals surface area contributed by atoms with Crippen molar-refractivity contribution in [1.82, 2.24) is 9.78 Å². The minimum Gasteiger partial charge on any atom is -0.370 e. The Kier molecular flexibility index (Phi) is 1.52. The van der Waals surface area contributed by atoms with E-state index in [0.717, 1.165) is 5.69 Å². The van der Waals surface area contributed by atoms with E-state index >= 15 is 0 Å². The summed E-state index contributed by atoms with van der Waals surface area (Å²) < 4.78 is 1.53. The summed E-state index contributed by atoms with van der Waals surface area (Å²) in [5.74, 6) is 0. The summed E-state index contributed by atoms with van der Waals surface area (Å²) in [5, 5.41) is 13.5. The van der Waals surface area contributed by atoms with Crippen molar-refractivity contribution in [1.29, 1.82) is 0 Å². The van der Waals surface area contributed by atoms with Gasteiger partial charge in [0.1, 0.15) is 0 Å². The summed E-state index contributed by atoms with van der Waals surface area (Å²) >= 11 is 0. The molecular formula is C7H12N2O. The van der Waals surface area contributed by atoms with Crippen LogP contribution in [-0.2, 0) is 5.72 Å². The molecular weight excluding hydrogens is 128 g/mol. The molecule has 0 unspecified atom stereocenters. The van der Waals surface area contributed by atoms with Gasteiger partial charge in [0.2, 0.25) is 0 Å². The number of hydrogen-bond donors (Lipinski definition) is 1. The quantitative estimate of drug-likeness (QED) is 0.628. The molecule has 0 bridgehead atoms. The fourth-order valence-corrected chi connectivity index (χ4v) is 0.720. The predicted octanol–water partition coefficient (Wildman–Crippen LogP) is 0.876. The highest BCUT2D eigenvalue weighted by Crippen LogP contribution is 2.08. The fraction of sp³-hybridized carbons (Fsp3) is 0.571. The second kappa shape index (κ2) is 2.09. The van der Waals surface area contributed by atoms with Crippen molar-refractivity contribution in [3.63, 3.8) is 0 Å². The fourth-order valence-electron chi connectivity index (χ4n) is 0.720. The van der Waals surface area contributed by atoms with Crippen molar-refractivity contribution >= 4 is 0 Å². The van der Waals surface area contributed by atoms with Crippen molar-refractivity contribution in [2.45, 2.75) is 26.5 Å². The molecule has 0 radical (unpaired) electrons. The first-order valence-electron chi connectivity index (χ1n) is 3.25. The molecule has 3 nitrogen and oxygen atoms in total. The summed E-state index contributed by atoms with van der Waals surface area (Å²) in [7, 11) is 0. The van der Waals surface area contributed by atoms with Crippen molar-refractivity contribution in [3.05, 3.63) is 18.0 Å². The SMILES string of the molecule is Cc1ccn(C(C)(C)O)n1. The molecule has 0 aromatic carbocycles. The summed E-state index contributed by atoms with van der Waals surface area (Å²) in [6, 6.07) is 1.86. The number of rotatable bonds is 1. The molecule has 0 aliphatic heterocycles. The van der Waals surface area contributed by atoms with Gasteiger partial charge in [-0.15, -0.1) is 0 Å². The van der Waals surface area contributed by atoms with Crippen LogP contribution in [0.5, 0.6) is 0 Å². The summed E-state index contributed by atoms with van der Waals surface area (Å²) in [4.78, 5) is 0. The van der Waals surface area contributed by atoms with Crippen LogP contribution >= 0.6 is 0 Å². The van der Waals surface area contributed by atoms with Crippen LogP contribution in [0.1, 0.15) is 19.5 Å². The second-order valence-corrected chi connectivity index (χ2v) is 2.90. The normalized spacial score (nSPS) is 12.0. The van der Waals surface area contributed by atoms with Gasteiger partial charge in [0.05, 0.1) is 5.69 Å². The largest absolute Gasteiger partial charge is 0.370 e. The van der Waals surface area contributed by atoms with E-state index in [1.54, 1.807) is 20.0 Å². The maximum absolute atomic E-state index is 9.40. The van der Waals surface area contributed by atoms with Gasteiger partial charge in [-0.05, 0) is 26.8 Å². The van der Waals surface area contributed by atoms with Gasteiger partial charge in [-0.3, -0.25) is 0 Å². The highest BCUT2D eigenvalue weighted by atomic mass is 16.3. The molecule has 1 heterocycles. The van der Waals surface area contributed by atoms with E-state index in [0.29, 0.717) is 0 Å². The zero-order valence-electron chi connectivity index (χ0n) is 6.50. The first-order chi connectivity index (χ1) is 4.50. The number of aryl methyl sites for hydroxylation is 1. The van der Waals surface area contributed by atoms with E-state index in [2.05, 4.69) is 5.10 Å². The van der Waals surface area contributed by atoms with Crippen LogP contribution in [0.25, 0.3) is 0 Å². The monoisotopic (exact) mass is 140 g/mol. The van der Waals surface area contributed by atoms with Gasteiger partial charge in [0, 0.05) is 6.20 Å². The van der Waals surface area contributed by atoms with Crippen molar-refractivity contribution < 1.29 is 5.11 Å². The minimum absolute atomic E-state index is 0.881. The number of nitrogens with zero attached hydrogens (tertiary/aromatic N) is 2. The lowest BCUT2D eigenvalue weighted by molar-refractivity contribution is -0.0106. The Bertz CT molecular complexity index is 222. The van der Waals surface area contributed by atoms with Gasteiger partial charge >= 0.3 is 0 Å². The maximum atomic E-state index is 9.40. The summed E-state index contributed by atoms with van der Waals surface area (Å²) in [5.41, 5.74) is 0.0379. The van der Waals surface area contributed by atoms with Crippen molar-refractivity contribution in [2.24, 2.45) is 0 Å². The van der Waals surface area contributed by atoms with Gasteiger partial charge in [0.15, 0.2) is 5.72 Å². The molecule has 0 saturated carbocycles.